The summed E-state index contributed by atoms with van der Waals surface area (Å²) in [4.78, 5) is 2.16. The molecule has 0 amide bonds. The van der Waals surface area contributed by atoms with Crippen molar-refractivity contribution in [3.05, 3.63) is 29.6 Å². The minimum Gasteiger partial charge on any atom is -0.369 e. The maximum atomic E-state index is 14.1. The normalized spacial score (nSPS) is 19.0. The number of nitrogens with zero attached hydrogens (tertiary/aromatic N) is 1. The maximum Gasteiger partial charge on any atom is 0.146 e. The van der Waals surface area contributed by atoms with Crippen LogP contribution in [-0.2, 0) is 6.42 Å². The van der Waals surface area contributed by atoms with Gasteiger partial charge in [0.1, 0.15) is 5.82 Å². The van der Waals surface area contributed by atoms with E-state index in [0.29, 0.717) is 12.0 Å². The lowest BCUT2D eigenvalue weighted by Gasteiger charge is -2.38. The molecular weight excluding hydrogens is 227 g/mol. The second-order valence-corrected chi connectivity index (χ2v) is 5.98. The highest BCUT2D eigenvalue weighted by molar-refractivity contribution is 5.49. The Morgan fingerprint density at radius 2 is 1.94 bits per heavy atom. The molecular formula is C15H23FN2. The van der Waals surface area contributed by atoms with Crippen LogP contribution >= 0.6 is 0 Å². The van der Waals surface area contributed by atoms with Crippen LogP contribution in [0.4, 0.5) is 10.1 Å². The molecule has 0 bridgehead atoms. The summed E-state index contributed by atoms with van der Waals surface area (Å²) in [6.45, 7) is 7.02. The zero-order valence-corrected chi connectivity index (χ0v) is 11.4. The SMILES string of the molecule is CC1(C)CCN(c2ccc(CCN)cc2F)CC1. The van der Waals surface area contributed by atoms with Gasteiger partial charge in [-0.1, -0.05) is 19.9 Å². The first-order valence-corrected chi connectivity index (χ1v) is 6.75. The smallest absolute Gasteiger partial charge is 0.146 e. The predicted molar refractivity (Wildman–Crippen MR) is 74.4 cm³/mol. The maximum absolute atomic E-state index is 14.1. The van der Waals surface area contributed by atoms with Gasteiger partial charge in [0.2, 0.25) is 0 Å². The third-order valence-electron chi connectivity index (χ3n) is 3.90. The van der Waals surface area contributed by atoms with Crippen molar-refractivity contribution in [2.45, 2.75) is 33.1 Å². The number of anilines is 1. The summed E-state index contributed by atoms with van der Waals surface area (Å²) in [5, 5.41) is 0. The monoisotopic (exact) mass is 250 g/mol. The average molecular weight is 250 g/mol. The van der Waals surface area contributed by atoms with E-state index in [0.717, 1.165) is 43.6 Å². The van der Waals surface area contributed by atoms with Crippen LogP contribution in [0.1, 0.15) is 32.3 Å². The summed E-state index contributed by atoms with van der Waals surface area (Å²) in [7, 11) is 0. The highest BCUT2D eigenvalue weighted by atomic mass is 19.1. The van der Waals surface area contributed by atoms with Crippen molar-refractivity contribution < 1.29 is 4.39 Å². The summed E-state index contributed by atoms with van der Waals surface area (Å²) in [5.41, 5.74) is 7.61. The summed E-state index contributed by atoms with van der Waals surface area (Å²) in [6.07, 6.45) is 2.98. The lowest BCUT2D eigenvalue weighted by atomic mass is 9.82. The van der Waals surface area contributed by atoms with Gasteiger partial charge < -0.3 is 10.6 Å². The topological polar surface area (TPSA) is 29.3 Å². The van der Waals surface area contributed by atoms with Crippen molar-refractivity contribution in [2.24, 2.45) is 11.1 Å². The van der Waals surface area contributed by atoms with Gasteiger partial charge in [0.05, 0.1) is 5.69 Å². The molecule has 1 aliphatic rings. The number of halogens is 1. The zero-order valence-electron chi connectivity index (χ0n) is 11.4. The number of benzene rings is 1. The van der Waals surface area contributed by atoms with Gasteiger partial charge in [-0.05, 0) is 48.9 Å². The summed E-state index contributed by atoms with van der Waals surface area (Å²) < 4.78 is 14.1. The van der Waals surface area contributed by atoms with Crippen LogP contribution in [0.15, 0.2) is 18.2 Å². The van der Waals surface area contributed by atoms with Crippen LogP contribution in [-0.4, -0.2) is 19.6 Å². The van der Waals surface area contributed by atoms with E-state index in [1.54, 1.807) is 6.07 Å². The molecule has 2 nitrogen and oxygen atoms in total. The highest BCUT2D eigenvalue weighted by Gasteiger charge is 2.26. The van der Waals surface area contributed by atoms with E-state index < -0.39 is 0 Å². The Kier molecular flexibility index (Phi) is 3.91. The van der Waals surface area contributed by atoms with E-state index in [2.05, 4.69) is 18.7 Å². The summed E-state index contributed by atoms with van der Waals surface area (Å²) in [5.74, 6) is -0.111. The van der Waals surface area contributed by atoms with Crippen molar-refractivity contribution in [2.75, 3.05) is 24.5 Å². The molecule has 1 aliphatic heterocycles. The molecule has 0 saturated carbocycles. The second kappa shape index (κ2) is 5.27. The third kappa shape index (κ3) is 3.02. The van der Waals surface area contributed by atoms with Gasteiger partial charge in [-0.25, -0.2) is 4.39 Å². The lowest BCUT2D eigenvalue weighted by Crippen LogP contribution is -2.37. The van der Waals surface area contributed by atoms with E-state index in [4.69, 9.17) is 5.73 Å². The fourth-order valence-corrected chi connectivity index (χ4v) is 2.48. The quantitative estimate of drug-likeness (QED) is 0.893. The fourth-order valence-electron chi connectivity index (χ4n) is 2.48. The summed E-state index contributed by atoms with van der Waals surface area (Å²) in [6, 6.07) is 5.52. The molecule has 0 aromatic heterocycles. The Morgan fingerprint density at radius 1 is 1.28 bits per heavy atom. The largest absolute Gasteiger partial charge is 0.369 e. The Balaban J connectivity index is 2.10. The number of hydrogen-bond donors (Lipinski definition) is 1. The Labute approximate surface area is 109 Å². The molecule has 1 aromatic carbocycles. The number of rotatable bonds is 3. The average Bonchev–Trinajstić information content (AvgIpc) is 2.31. The minimum absolute atomic E-state index is 0.111. The van der Waals surface area contributed by atoms with Gasteiger partial charge in [-0.2, -0.15) is 0 Å². The predicted octanol–water partition coefficient (Wildman–Crippen LogP) is 2.95. The van der Waals surface area contributed by atoms with Crippen LogP contribution in [0, 0.1) is 11.2 Å². The molecule has 0 unspecified atom stereocenters. The van der Waals surface area contributed by atoms with Crippen LogP contribution < -0.4 is 10.6 Å². The van der Waals surface area contributed by atoms with Crippen molar-refractivity contribution in [3.63, 3.8) is 0 Å². The molecule has 18 heavy (non-hydrogen) atoms. The molecule has 100 valence electrons. The van der Waals surface area contributed by atoms with E-state index in [1.165, 1.54) is 0 Å². The van der Waals surface area contributed by atoms with Crippen molar-refractivity contribution in [1.82, 2.24) is 0 Å². The minimum atomic E-state index is -0.111. The van der Waals surface area contributed by atoms with Gasteiger partial charge in [0.25, 0.3) is 0 Å². The van der Waals surface area contributed by atoms with Gasteiger partial charge in [-0.15, -0.1) is 0 Å². The van der Waals surface area contributed by atoms with Gasteiger partial charge >= 0.3 is 0 Å². The van der Waals surface area contributed by atoms with Crippen molar-refractivity contribution in [3.8, 4) is 0 Å². The molecule has 1 saturated heterocycles. The van der Waals surface area contributed by atoms with Crippen molar-refractivity contribution >= 4 is 5.69 Å². The lowest BCUT2D eigenvalue weighted by molar-refractivity contribution is 0.279. The van der Waals surface area contributed by atoms with Crippen molar-refractivity contribution in [1.29, 1.82) is 0 Å². The Bertz CT molecular complexity index is 405. The molecule has 3 heteroatoms. The standard InChI is InChI=1S/C15H23FN2/c1-15(2)6-9-18(10-7-15)14-4-3-12(5-8-17)11-13(14)16/h3-4,11H,5-10,17H2,1-2H3. The summed E-state index contributed by atoms with van der Waals surface area (Å²) >= 11 is 0. The molecule has 0 aliphatic carbocycles. The zero-order chi connectivity index (χ0) is 13.2. The number of hydrogen-bond acceptors (Lipinski definition) is 2. The van der Waals surface area contributed by atoms with Gasteiger partial charge in [0.15, 0.2) is 0 Å². The van der Waals surface area contributed by atoms with Gasteiger partial charge in [-0.3, -0.25) is 0 Å². The molecule has 2 rings (SSSR count). The third-order valence-corrected chi connectivity index (χ3v) is 3.90. The molecule has 0 radical (unpaired) electrons. The number of nitrogens with two attached hydrogens (primary N) is 1. The molecule has 1 fully saturated rings. The van der Waals surface area contributed by atoms with Crippen LogP contribution in [0.2, 0.25) is 0 Å². The Hall–Kier alpha value is -1.09. The van der Waals surface area contributed by atoms with Crippen LogP contribution in [0.3, 0.4) is 0 Å². The molecule has 2 N–H and O–H groups in total. The highest BCUT2D eigenvalue weighted by Crippen LogP contribution is 2.33. The molecule has 1 aromatic rings. The fraction of sp³-hybridized carbons (Fsp3) is 0.600. The molecule has 0 atom stereocenters. The van der Waals surface area contributed by atoms with E-state index in [-0.39, 0.29) is 5.82 Å². The molecule has 0 spiro atoms. The van der Waals surface area contributed by atoms with E-state index in [9.17, 15) is 4.39 Å². The number of piperidine rings is 1. The second-order valence-electron chi connectivity index (χ2n) is 5.98. The first-order chi connectivity index (χ1) is 8.52. The first-order valence-electron chi connectivity index (χ1n) is 6.75. The Morgan fingerprint density at radius 3 is 2.50 bits per heavy atom. The van der Waals surface area contributed by atoms with Crippen LogP contribution in [0.5, 0.6) is 0 Å². The molecule has 1 heterocycles. The van der Waals surface area contributed by atoms with Gasteiger partial charge in [0, 0.05) is 13.1 Å². The van der Waals surface area contributed by atoms with Crippen LogP contribution in [0.25, 0.3) is 0 Å². The van der Waals surface area contributed by atoms with E-state index in [1.807, 2.05) is 12.1 Å². The van der Waals surface area contributed by atoms with E-state index >= 15 is 0 Å². The first kappa shape index (κ1) is 13.3.